The first kappa shape index (κ1) is 10.4. The van der Waals surface area contributed by atoms with Crippen molar-refractivity contribution in [1.82, 2.24) is 14.6 Å². The molecule has 2 heterocycles. The van der Waals surface area contributed by atoms with Crippen molar-refractivity contribution in [3.05, 3.63) is 29.3 Å². The lowest BCUT2D eigenvalue weighted by Crippen LogP contribution is -1.93. The first-order chi connectivity index (χ1) is 7.18. The zero-order valence-corrected chi connectivity index (χ0v) is 9.55. The van der Waals surface area contributed by atoms with Gasteiger partial charge in [0.05, 0.1) is 0 Å². The van der Waals surface area contributed by atoms with Crippen LogP contribution in [0.15, 0.2) is 18.6 Å². The third-order valence-corrected chi connectivity index (χ3v) is 3.06. The average molecular weight is 242 g/mol. The molecule has 78 valence electrons. The number of carbonyl (C=O) groups is 1. The highest BCUT2D eigenvalue weighted by Gasteiger charge is 2.08. The van der Waals surface area contributed by atoms with E-state index < -0.39 is 0 Å². The van der Waals surface area contributed by atoms with Gasteiger partial charge in [-0.15, -0.1) is 0 Å². The maximum atomic E-state index is 10.9. The fourth-order valence-corrected chi connectivity index (χ4v) is 2.12. The third-order valence-electron chi connectivity index (χ3n) is 1.92. The molecule has 0 aromatic carbocycles. The normalized spacial score (nSPS) is 10.8. The number of aromatic nitrogens is 3. The summed E-state index contributed by atoms with van der Waals surface area (Å²) in [5.74, 6) is 0.596. The third kappa shape index (κ3) is 2.13. The predicted octanol–water partition coefficient (Wildman–Crippen LogP) is 2.16. The van der Waals surface area contributed by atoms with Crippen LogP contribution >= 0.6 is 23.4 Å². The Hall–Kier alpha value is -1.07. The molecule has 0 aliphatic rings. The fourth-order valence-electron chi connectivity index (χ4n) is 1.27. The highest BCUT2D eigenvalue weighted by atomic mass is 35.5. The number of thioether (sulfide) groups is 1. The molecule has 0 aliphatic heterocycles. The molecule has 2 aromatic heterocycles. The lowest BCUT2D eigenvalue weighted by Gasteiger charge is -1.99. The first-order valence-corrected chi connectivity index (χ1v) is 5.65. The van der Waals surface area contributed by atoms with Gasteiger partial charge < -0.3 is 0 Å². The lowest BCUT2D eigenvalue weighted by atomic mass is 10.3. The Balaban J connectivity index is 2.39. The summed E-state index contributed by atoms with van der Waals surface area (Å²) < 4.78 is 1.66. The fraction of sp³-hybridized carbons (Fsp3) is 0.222. The molecular formula is C9H8ClN3OS. The summed E-state index contributed by atoms with van der Waals surface area (Å²) in [6.07, 6.45) is 3.20. The van der Waals surface area contributed by atoms with Gasteiger partial charge >= 0.3 is 0 Å². The van der Waals surface area contributed by atoms with Crippen LogP contribution < -0.4 is 0 Å². The maximum Gasteiger partial charge on any atom is 0.186 e. The van der Waals surface area contributed by atoms with E-state index in [9.17, 15) is 4.79 Å². The van der Waals surface area contributed by atoms with Crippen LogP contribution in [0.1, 0.15) is 12.5 Å². The van der Waals surface area contributed by atoms with Crippen molar-refractivity contribution in [2.45, 2.75) is 12.7 Å². The second kappa shape index (κ2) is 4.20. The van der Waals surface area contributed by atoms with E-state index in [-0.39, 0.29) is 5.12 Å². The number of hydrogen-bond donors (Lipinski definition) is 0. The zero-order chi connectivity index (χ0) is 10.8. The van der Waals surface area contributed by atoms with Crippen molar-refractivity contribution in [1.29, 1.82) is 0 Å². The lowest BCUT2D eigenvalue weighted by molar-refractivity contribution is -0.109. The van der Waals surface area contributed by atoms with Gasteiger partial charge in [0, 0.05) is 18.9 Å². The molecule has 0 amide bonds. The molecule has 6 heteroatoms. The van der Waals surface area contributed by atoms with E-state index in [1.165, 1.54) is 18.1 Å². The van der Waals surface area contributed by atoms with Crippen molar-refractivity contribution in [2.75, 3.05) is 0 Å². The minimum absolute atomic E-state index is 0.0855. The van der Waals surface area contributed by atoms with Crippen molar-refractivity contribution in [2.24, 2.45) is 0 Å². The SMILES string of the molecule is CC(=O)SCc1ccn2ncnc(Cl)c12. The van der Waals surface area contributed by atoms with Crippen molar-refractivity contribution < 1.29 is 4.79 Å². The predicted molar refractivity (Wildman–Crippen MR) is 60.0 cm³/mol. The van der Waals surface area contributed by atoms with E-state index >= 15 is 0 Å². The van der Waals surface area contributed by atoms with E-state index in [1.807, 2.05) is 6.07 Å². The summed E-state index contributed by atoms with van der Waals surface area (Å²) in [6, 6.07) is 1.89. The summed E-state index contributed by atoms with van der Waals surface area (Å²) in [4.78, 5) is 14.8. The molecule has 2 aromatic rings. The molecule has 4 nitrogen and oxygen atoms in total. The van der Waals surface area contributed by atoms with Gasteiger partial charge in [0.25, 0.3) is 0 Å². The van der Waals surface area contributed by atoms with Crippen molar-refractivity contribution in [3.63, 3.8) is 0 Å². The molecule has 0 saturated heterocycles. The van der Waals surface area contributed by atoms with Crippen LogP contribution in [-0.4, -0.2) is 19.7 Å². The number of hydrogen-bond acceptors (Lipinski definition) is 4. The number of carbonyl (C=O) groups excluding carboxylic acids is 1. The Morgan fingerprint density at radius 1 is 1.67 bits per heavy atom. The van der Waals surface area contributed by atoms with Crippen LogP contribution in [0.5, 0.6) is 0 Å². The standard InChI is InChI=1S/C9H8ClN3OS/c1-6(14)15-4-7-2-3-13-8(7)9(10)11-5-12-13/h2-3,5H,4H2,1H3. The van der Waals surface area contributed by atoms with E-state index in [2.05, 4.69) is 10.1 Å². The minimum atomic E-state index is 0.0855. The molecule has 2 rings (SSSR count). The molecule has 0 unspecified atom stereocenters. The smallest absolute Gasteiger partial charge is 0.186 e. The summed E-state index contributed by atoms with van der Waals surface area (Å²) in [5.41, 5.74) is 1.74. The minimum Gasteiger partial charge on any atom is -0.288 e. The molecule has 0 fully saturated rings. The van der Waals surface area contributed by atoms with Crippen LogP contribution in [0, 0.1) is 0 Å². The summed E-state index contributed by atoms with van der Waals surface area (Å²) in [6.45, 7) is 1.54. The molecule has 15 heavy (non-hydrogen) atoms. The van der Waals surface area contributed by atoms with E-state index in [1.54, 1.807) is 17.6 Å². The second-order valence-electron chi connectivity index (χ2n) is 2.97. The van der Waals surface area contributed by atoms with Gasteiger partial charge in [-0.2, -0.15) is 5.10 Å². The van der Waals surface area contributed by atoms with E-state index in [0.717, 1.165) is 11.1 Å². The average Bonchev–Trinajstić information content (AvgIpc) is 2.59. The zero-order valence-electron chi connectivity index (χ0n) is 7.98. The number of halogens is 1. The molecular weight excluding hydrogens is 234 g/mol. The Labute approximate surface area is 95.6 Å². The van der Waals surface area contributed by atoms with Crippen molar-refractivity contribution in [3.8, 4) is 0 Å². The largest absolute Gasteiger partial charge is 0.288 e. The molecule has 0 aliphatic carbocycles. The van der Waals surface area contributed by atoms with Crippen LogP contribution in [0.2, 0.25) is 5.15 Å². The monoisotopic (exact) mass is 241 g/mol. The van der Waals surface area contributed by atoms with Gasteiger partial charge in [0.15, 0.2) is 10.3 Å². The molecule has 0 radical (unpaired) electrons. The van der Waals surface area contributed by atoms with Gasteiger partial charge in [0.2, 0.25) is 0 Å². The number of nitrogens with zero attached hydrogens (tertiary/aromatic N) is 3. The van der Waals surface area contributed by atoms with Crippen LogP contribution in [-0.2, 0) is 10.5 Å². The Morgan fingerprint density at radius 3 is 3.20 bits per heavy atom. The van der Waals surface area contributed by atoms with E-state index in [0.29, 0.717) is 10.9 Å². The van der Waals surface area contributed by atoms with Crippen LogP contribution in [0.3, 0.4) is 0 Å². The topological polar surface area (TPSA) is 47.3 Å². The first-order valence-electron chi connectivity index (χ1n) is 4.28. The van der Waals surface area contributed by atoms with Gasteiger partial charge in [-0.05, 0) is 11.6 Å². The summed E-state index contributed by atoms with van der Waals surface area (Å²) in [5, 5.41) is 4.51. The molecule has 0 saturated carbocycles. The Morgan fingerprint density at radius 2 is 2.47 bits per heavy atom. The van der Waals surface area contributed by atoms with Gasteiger partial charge in [0.1, 0.15) is 11.8 Å². The summed E-state index contributed by atoms with van der Waals surface area (Å²) in [7, 11) is 0. The molecule has 0 N–H and O–H groups in total. The second-order valence-corrected chi connectivity index (χ2v) is 4.48. The molecule has 0 atom stereocenters. The van der Waals surface area contributed by atoms with Crippen LogP contribution in [0.25, 0.3) is 5.52 Å². The van der Waals surface area contributed by atoms with Gasteiger partial charge in [-0.1, -0.05) is 23.4 Å². The van der Waals surface area contributed by atoms with E-state index in [4.69, 9.17) is 11.6 Å². The van der Waals surface area contributed by atoms with Crippen molar-refractivity contribution >= 4 is 34.0 Å². The van der Waals surface area contributed by atoms with Gasteiger partial charge in [-0.3, -0.25) is 4.79 Å². The van der Waals surface area contributed by atoms with Crippen LogP contribution in [0.4, 0.5) is 0 Å². The molecule has 0 bridgehead atoms. The Bertz CT molecular complexity index is 511. The maximum absolute atomic E-state index is 10.9. The quantitative estimate of drug-likeness (QED) is 0.809. The van der Waals surface area contributed by atoms with Gasteiger partial charge in [-0.25, -0.2) is 9.50 Å². The highest BCUT2D eigenvalue weighted by molar-refractivity contribution is 8.12. The highest BCUT2D eigenvalue weighted by Crippen LogP contribution is 2.23. The number of fused-ring (bicyclic) bond motifs is 1. The summed E-state index contributed by atoms with van der Waals surface area (Å²) >= 11 is 7.20. The Kier molecular flexibility index (Phi) is 2.93. The molecule has 0 spiro atoms. The number of rotatable bonds is 2.